The minimum atomic E-state index is -4.74. The molecule has 18 heavy (non-hydrogen) atoms. The Bertz CT molecular complexity index is 610. The molecule has 0 spiro atoms. The van der Waals surface area contributed by atoms with E-state index in [-0.39, 0.29) is 5.56 Å². The number of hydrogen-bond acceptors (Lipinski definition) is 5. The molecule has 10 heteroatoms. The monoisotopic (exact) mass is 296 g/mol. The first-order chi connectivity index (χ1) is 8.11. The molecule has 0 amide bonds. The molecule has 0 atom stereocenters. The molecular weight excluding hydrogens is 286 g/mol. The van der Waals surface area contributed by atoms with E-state index in [9.17, 15) is 21.9 Å². The average molecular weight is 296 g/mol. The van der Waals surface area contributed by atoms with Gasteiger partial charge in [-0.1, -0.05) is 0 Å². The molecule has 0 aromatic heterocycles. The van der Waals surface area contributed by atoms with Gasteiger partial charge in [-0.2, -0.15) is 8.42 Å². The van der Waals surface area contributed by atoms with E-state index in [1.807, 2.05) is 0 Å². The molecule has 8 nitrogen and oxygen atoms in total. The minimum absolute atomic E-state index is 0.160. The first kappa shape index (κ1) is 14.9. The van der Waals surface area contributed by atoms with Crippen LogP contribution in [0.3, 0.4) is 0 Å². The van der Waals surface area contributed by atoms with E-state index in [1.165, 1.54) is 0 Å². The normalized spacial score (nSPS) is 12.4. The molecule has 1 rings (SSSR count). The van der Waals surface area contributed by atoms with Gasteiger partial charge < -0.3 is 4.74 Å². The Labute approximate surface area is 104 Å². The number of benzene rings is 1. The van der Waals surface area contributed by atoms with E-state index in [4.69, 9.17) is 9.69 Å². The van der Waals surface area contributed by atoms with Crippen LogP contribution in [-0.4, -0.2) is 28.5 Å². The van der Waals surface area contributed by atoms with Crippen LogP contribution in [0, 0.1) is 0 Å². The zero-order chi connectivity index (χ0) is 14.1. The summed E-state index contributed by atoms with van der Waals surface area (Å²) in [6.45, 7) is -0.880. The lowest BCUT2D eigenvalue weighted by Crippen LogP contribution is -2.16. The highest BCUT2D eigenvalue weighted by Gasteiger charge is 2.26. The van der Waals surface area contributed by atoms with Crippen LogP contribution in [0.1, 0.15) is 5.56 Å². The van der Waals surface area contributed by atoms with Gasteiger partial charge in [0.05, 0.1) is 7.11 Å². The highest BCUT2D eigenvalue weighted by molar-refractivity contribution is 7.89. The first-order valence-electron chi connectivity index (χ1n) is 4.40. The second kappa shape index (κ2) is 4.82. The molecule has 0 aliphatic carbocycles. The van der Waals surface area contributed by atoms with Gasteiger partial charge in [-0.25, -0.2) is 18.7 Å². The van der Waals surface area contributed by atoms with Gasteiger partial charge in [0.2, 0.25) is 10.0 Å². The van der Waals surface area contributed by atoms with Crippen molar-refractivity contribution < 1.29 is 31.2 Å². The molecule has 1 aromatic carbocycles. The van der Waals surface area contributed by atoms with Gasteiger partial charge in [-0.05, 0) is 17.7 Å². The van der Waals surface area contributed by atoms with Crippen LogP contribution >= 0.6 is 0 Å². The number of hydrogen-bond donors (Lipinski definition) is 2. The van der Waals surface area contributed by atoms with Gasteiger partial charge in [-0.15, -0.1) is 0 Å². The van der Waals surface area contributed by atoms with E-state index < -0.39 is 42.3 Å². The maximum Gasteiger partial charge on any atom is 0.298 e. The van der Waals surface area contributed by atoms with Crippen molar-refractivity contribution in [3.63, 3.8) is 0 Å². The van der Waals surface area contributed by atoms with Crippen LogP contribution in [0.4, 0.5) is 0 Å². The second-order valence-corrected chi connectivity index (χ2v) is 6.21. The van der Waals surface area contributed by atoms with E-state index in [2.05, 4.69) is 4.74 Å². The Morgan fingerprint density at radius 1 is 1.22 bits per heavy atom. The Kier molecular flexibility index (Phi) is 3.98. The summed E-state index contributed by atoms with van der Waals surface area (Å²) in [5.74, 6) is -0.628. The smallest absolute Gasteiger partial charge is 0.298 e. The fraction of sp³-hybridized carbons (Fsp3) is 0.250. The molecule has 0 heterocycles. The van der Waals surface area contributed by atoms with Gasteiger partial charge >= 0.3 is 0 Å². The van der Waals surface area contributed by atoms with Crippen molar-refractivity contribution in [3.05, 3.63) is 17.7 Å². The molecule has 0 fully saturated rings. The van der Waals surface area contributed by atoms with Crippen molar-refractivity contribution in [2.45, 2.75) is 16.4 Å². The summed E-state index contributed by atoms with van der Waals surface area (Å²) >= 11 is 0. The zero-order valence-corrected chi connectivity index (χ0v) is 10.8. The highest BCUT2D eigenvalue weighted by Crippen LogP contribution is 2.32. The number of nitrogens with two attached hydrogens (primary N) is 1. The molecule has 1 radical (unpaired) electrons. The fourth-order valence-electron chi connectivity index (χ4n) is 1.32. The number of rotatable bonds is 4. The van der Waals surface area contributed by atoms with E-state index in [0.29, 0.717) is 0 Å². The SMILES string of the molecule is COc1c(S(N)(=O)=O)cc(C[O])cc1S(=O)(=O)O. The summed E-state index contributed by atoms with van der Waals surface area (Å²) in [6, 6.07) is 1.73. The number of ether oxygens (including phenoxy) is 1. The Morgan fingerprint density at radius 2 is 1.72 bits per heavy atom. The molecule has 0 bridgehead atoms. The van der Waals surface area contributed by atoms with Crippen LogP contribution in [0.25, 0.3) is 0 Å². The lowest BCUT2D eigenvalue weighted by molar-refractivity contribution is 0.177. The molecule has 0 aliphatic rings. The molecule has 0 saturated carbocycles. The Morgan fingerprint density at radius 3 is 2.06 bits per heavy atom. The second-order valence-electron chi connectivity index (χ2n) is 3.29. The van der Waals surface area contributed by atoms with Gasteiger partial charge in [0.15, 0.2) is 5.75 Å². The van der Waals surface area contributed by atoms with E-state index in [1.54, 1.807) is 0 Å². The van der Waals surface area contributed by atoms with Crippen LogP contribution in [-0.2, 0) is 31.9 Å². The zero-order valence-electron chi connectivity index (χ0n) is 9.15. The predicted octanol–water partition coefficient (Wildman–Crippen LogP) is -0.480. The molecular formula is C8H10NO7S2. The van der Waals surface area contributed by atoms with Crippen LogP contribution < -0.4 is 9.88 Å². The van der Waals surface area contributed by atoms with E-state index in [0.717, 1.165) is 19.2 Å². The summed E-state index contributed by atoms with van der Waals surface area (Å²) in [5.41, 5.74) is -0.160. The van der Waals surface area contributed by atoms with Gasteiger partial charge in [0.1, 0.15) is 16.4 Å². The van der Waals surface area contributed by atoms with Crippen molar-refractivity contribution in [1.82, 2.24) is 0 Å². The van der Waals surface area contributed by atoms with Crippen LogP contribution in [0.5, 0.6) is 5.75 Å². The average Bonchev–Trinajstić information content (AvgIpc) is 2.24. The maximum absolute atomic E-state index is 11.3. The molecule has 0 saturated heterocycles. The lowest BCUT2D eigenvalue weighted by atomic mass is 10.2. The van der Waals surface area contributed by atoms with E-state index >= 15 is 0 Å². The standard InChI is InChI=1S/C8H10NO7S2/c1-16-8-6(17(9,11)12)2-5(4-10)3-7(8)18(13,14)15/h2-3H,4H2,1H3,(H2,9,11,12)(H,13,14,15). The number of primary sulfonamides is 1. The van der Waals surface area contributed by atoms with Crippen molar-refractivity contribution in [2.24, 2.45) is 5.14 Å². The summed E-state index contributed by atoms with van der Waals surface area (Å²) < 4.78 is 58.3. The quantitative estimate of drug-likeness (QED) is 0.718. The molecule has 101 valence electrons. The van der Waals surface area contributed by atoms with Crippen LogP contribution in [0.2, 0.25) is 0 Å². The predicted molar refractivity (Wildman–Crippen MR) is 58.6 cm³/mol. The van der Waals surface area contributed by atoms with Crippen molar-refractivity contribution in [3.8, 4) is 5.75 Å². The summed E-state index contributed by atoms with van der Waals surface area (Å²) in [5, 5.41) is 15.6. The first-order valence-corrected chi connectivity index (χ1v) is 7.39. The molecule has 0 unspecified atom stereocenters. The maximum atomic E-state index is 11.3. The van der Waals surface area contributed by atoms with Crippen molar-refractivity contribution in [1.29, 1.82) is 0 Å². The largest absolute Gasteiger partial charge is 0.494 e. The van der Waals surface area contributed by atoms with Gasteiger partial charge in [0.25, 0.3) is 10.1 Å². The van der Waals surface area contributed by atoms with Crippen molar-refractivity contribution >= 4 is 20.1 Å². The molecule has 3 N–H and O–H groups in total. The third-order valence-corrected chi connectivity index (χ3v) is 3.81. The Hall–Kier alpha value is -1.20. The topological polar surface area (TPSA) is 144 Å². The lowest BCUT2D eigenvalue weighted by Gasteiger charge is -2.12. The van der Waals surface area contributed by atoms with Crippen molar-refractivity contribution in [2.75, 3.05) is 7.11 Å². The van der Waals surface area contributed by atoms with Crippen LogP contribution in [0.15, 0.2) is 21.9 Å². The fourth-order valence-corrected chi connectivity index (χ4v) is 2.88. The summed E-state index contributed by atoms with van der Waals surface area (Å²) in [4.78, 5) is -1.49. The number of sulfonamides is 1. The molecule has 1 aromatic rings. The Balaban J connectivity index is 3.84. The summed E-state index contributed by atoms with van der Waals surface area (Å²) in [7, 11) is -8.04. The third-order valence-electron chi connectivity index (χ3n) is 2.04. The van der Waals surface area contributed by atoms with Gasteiger partial charge in [-0.3, -0.25) is 4.55 Å². The highest BCUT2D eigenvalue weighted by atomic mass is 32.2. The summed E-state index contributed by atoms with van der Waals surface area (Å²) in [6.07, 6.45) is 0. The minimum Gasteiger partial charge on any atom is -0.494 e. The third kappa shape index (κ3) is 2.97. The van der Waals surface area contributed by atoms with Gasteiger partial charge in [0, 0.05) is 0 Å². The number of methoxy groups -OCH3 is 1. The molecule has 0 aliphatic heterocycles.